The first-order valence-corrected chi connectivity index (χ1v) is 4.47. The van der Waals surface area contributed by atoms with Gasteiger partial charge in [0.25, 0.3) is 0 Å². The Hall–Kier alpha value is -0.570. The van der Waals surface area contributed by atoms with Gasteiger partial charge in [-0.3, -0.25) is 4.79 Å². The predicted molar refractivity (Wildman–Crippen MR) is 49.0 cm³/mol. The van der Waals surface area contributed by atoms with Crippen LogP contribution in [0.1, 0.15) is 26.2 Å². The van der Waals surface area contributed by atoms with E-state index in [-0.39, 0.29) is 5.97 Å². The van der Waals surface area contributed by atoms with E-state index in [0.29, 0.717) is 13.0 Å². The molecule has 0 radical (unpaired) electrons. The van der Waals surface area contributed by atoms with Gasteiger partial charge in [-0.05, 0) is 20.5 Å². The van der Waals surface area contributed by atoms with E-state index in [1.165, 1.54) is 0 Å². The third-order valence-electron chi connectivity index (χ3n) is 1.54. The third-order valence-corrected chi connectivity index (χ3v) is 1.54. The molecular formula is C9H19NO2. The van der Waals surface area contributed by atoms with Gasteiger partial charge in [0.2, 0.25) is 0 Å². The highest BCUT2D eigenvalue weighted by Crippen LogP contribution is 1.95. The van der Waals surface area contributed by atoms with Gasteiger partial charge in [0.05, 0.1) is 0 Å². The van der Waals surface area contributed by atoms with Crippen molar-refractivity contribution in [2.75, 3.05) is 27.2 Å². The van der Waals surface area contributed by atoms with Crippen LogP contribution < -0.4 is 0 Å². The number of ether oxygens (including phenoxy) is 1. The maximum Gasteiger partial charge on any atom is 0.305 e. The molecule has 0 bridgehead atoms. The zero-order chi connectivity index (χ0) is 9.40. The molecule has 0 aromatic rings. The molecule has 72 valence electrons. The van der Waals surface area contributed by atoms with Crippen LogP contribution in [-0.2, 0) is 9.53 Å². The summed E-state index contributed by atoms with van der Waals surface area (Å²) in [5.41, 5.74) is 0. The van der Waals surface area contributed by atoms with Gasteiger partial charge in [-0.15, -0.1) is 0 Å². The van der Waals surface area contributed by atoms with E-state index in [2.05, 4.69) is 6.92 Å². The number of nitrogens with zero attached hydrogens (tertiary/aromatic N) is 1. The lowest BCUT2D eigenvalue weighted by Gasteiger charge is -2.09. The molecule has 0 spiro atoms. The van der Waals surface area contributed by atoms with Crippen LogP contribution in [0.2, 0.25) is 0 Å². The fraction of sp³-hybridized carbons (Fsp3) is 0.889. The summed E-state index contributed by atoms with van der Waals surface area (Å²) in [7, 11) is 3.92. The molecule has 0 aliphatic carbocycles. The fourth-order valence-corrected chi connectivity index (χ4v) is 0.735. The molecule has 0 aliphatic rings. The van der Waals surface area contributed by atoms with E-state index < -0.39 is 0 Å². The molecule has 3 nitrogen and oxygen atoms in total. The zero-order valence-electron chi connectivity index (χ0n) is 8.30. The molecule has 0 aliphatic heterocycles. The number of carbonyl (C=O) groups is 1. The SMILES string of the molecule is CCCCC(=O)OCCN(C)C. The minimum absolute atomic E-state index is 0.0706. The lowest BCUT2D eigenvalue weighted by Crippen LogP contribution is -2.19. The van der Waals surface area contributed by atoms with Crippen molar-refractivity contribution in [2.45, 2.75) is 26.2 Å². The predicted octanol–water partition coefficient (Wildman–Crippen LogP) is 1.28. The van der Waals surface area contributed by atoms with E-state index in [1.807, 2.05) is 19.0 Å². The van der Waals surface area contributed by atoms with Gasteiger partial charge in [0.1, 0.15) is 6.61 Å². The van der Waals surface area contributed by atoms with Crippen molar-refractivity contribution in [3.63, 3.8) is 0 Å². The smallest absolute Gasteiger partial charge is 0.305 e. The van der Waals surface area contributed by atoms with Gasteiger partial charge in [-0.2, -0.15) is 0 Å². The van der Waals surface area contributed by atoms with Crippen LogP contribution in [0.3, 0.4) is 0 Å². The summed E-state index contributed by atoms with van der Waals surface area (Å²) < 4.78 is 4.97. The monoisotopic (exact) mass is 173 g/mol. The summed E-state index contributed by atoms with van der Waals surface area (Å²) in [4.78, 5) is 12.9. The fourth-order valence-electron chi connectivity index (χ4n) is 0.735. The molecule has 0 saturated heterocycles. The average Bonchev–Trinajstić information content (AvgIpc) is 2.00. The minimum atomic E-state index is -0.0706. The van der Waals surface area contributed by atoms with Crippen LogP contribution in [0.15, 0.2) is 0 Å². The molecule has 0 unspecified atom stereocenters. The molecule has 0 rings (SSSR count). The lowest BCUT2D eigenvalue weighted by atomic mass is 10.2. The topological polar surface area (TPSA) is 29.5 Å². The standard InChI is InChI=1S/C9H19NO2/c1-4-5-6-9(11)12-8-7-10(2)3/h4-8H2,1-3H3. The Morgan fingerprint density at radius 3 is 2.58 bits per heavy atom. The Morgan fingerprint density at radius 2 is 2.08 bits per heavy atom. The van der Waals surface area contributed by atoms with E-state index in [4.69, 9.17) is 4.74 Å². The molecule has 0 heterocycles. The number of carbonyl (C=O) groups excluding carboxylic acids is 1. The summed E-state index contributed by atoms with van der Waals surface area (Å²) in [6.07, 6.45) is 2.54. The summed E-state index contributed by atoms with van der Waals surface area (Å²) in [6, 6.07) is 0. The summed E-state index contributed by atoms with van der Waals surface area (Å²) >= 11 is 0. The Morgan fingerprint density at radius 1 is 1.42 bits per heavy atom. The second-order valence-corrected chi connectivity index (χ2v) is 3.13. The lowest BCUT2D eigenvalue weighted by molar-refractivity contribution is -0.144. The van der Waals surface area contributed by atoms with Gasteiger partial charge in [-0.25, -0.2) is 0 Å². The Balaban J connectivity index is 3.20. The minimum Gasteiger partial charge on any atom is -0.464 e. The molecule has 0 aromatic carbocycles. The van der Waals surface area contributed by atoms with Gasteiger partial charge >= 0.3 is 5.97 Å². The van der Waals surface area contributed by atoms with E-state index >= 15 is 0 Å². The molecular weight excluding hydrogens is 154 g/mol. The largest absolute Gasteiger partial charge is 0.464 e. The van der Waals surface area contributed by atoms with E-state index in [0.717, 1.165) is 19.4 Å². The normalized spacial score (nSPS) is 10.3. The van der Waals surface area contributed by atoms with Gasteiger partial charge in [0.15, 0.2) is 0 Å². The van der Waals surface area contributed by atoms with Gasteiger partial charge in [0, 0.05) is 13.0 Å². The first-order chi connectivity index (χ1) is 5.66. The molecule has 0 saturated carbocycles. The highest BCUT2D eigenvalue weighted by atomic mass is 16.5. The van der Waals surface area contributed by atoms with Crippen LogP contribution in [0.25, 0.3) is 0 Å². The second-order valence-electron chi connectivity index (χ2n) is 3.13. The highest BCUT2D eigenvalue weighted by molar-refractivity contribution is 5.69. The number of hydrogen-bond acceptors (Lipinski definition) is 3. The first-order valence-electron chi connectivity index (χ1n) is 4.47. The zero-order valence-corrected chi connectivity index (χ0v) is 8.30. The quantitative estimate of drug-likeness (QED) is 0.567. The number of likely N-dealkylation sites (N-methyl/N-ethyl adjacent to an activating group) is 1. The van der Waals surface area contributed by atoms with Crippen molar-refractivity contribution >= 4 is 5.97 Å². The molecule has 0 atom stereocenters. The van der Waals surface area contributed by atoms with Crippen molar-refractivity contribution in [3.05, 3.63) is 0 Å². The summed E-state index contributed by atoms with van der Waals surface area (Å²) in [5.74, 6) is -0.0706. The Labute approximate surface area is 74.7 Å². The van der Waals surface area contributed by atoms with Crippen molar-refractivity contribution in [2.24, 2.45) is 0 Å². The third kappa shape index (κ3) is 7.54. The van der Waals surface area contributed by atoms with Crippen LogP contribution >= 0.6 is 0 Å². The summed E-state index contributed by atoms with van der Waals surface area (Å²) in [5, 5.41) is 0. The van der Waals surface area contributed by atoms with Crippen molar-refractivity contribution < 1.29 is 9.53 Å². The van der Waals surface area contributed by atoms with Crippen LogP contribution in [0, 0.1) is 0 Å². The van der Waals surface area contributed by atoms with Crippen LogP contribution in [0.4, 0.5) is 0 Å². The highest BCUT2D eigenvalue weighted by Gasteiger charge is 2.00. The van der Waals surface area contributed by atoms with Crippen LogP contribution in [0.5, 0.6) is 0 Å². The molecule has 0 aromatic heterocycles. The van der Waals surface area contributed by atoms with Crippen molar-refractivity contribution in [1.29, 1.82) is 0 Å². The number of esters is 1. The summed E-state index contributed by atoms with van der Waals surface area (Å²) in [6.45, 7) is 3.38. The first kappa shape index (κ1) is 11.4. The van der Waals surface area contributed by atoms with Gasteiger partial charge < -0.3 is 9.64 Å². The molecule has 0 fully saturated rings. The maximum absolute atomic E-state index is 10.9. The number of hydrogen-bond donors (Lipinski definition) is 0. The van der Waals surface area contributed by atoms with Crippen molar-refractivity contribution in [3.8, 4) is 0 Å². The van der Waals surface area contributed by atoms with E-state index in [1.54, 1.807) is 0 Å². The maximum atomic E-state index is 10.9. The molecule has 0 amide bonds. The Bertz CT molecular complexity index is 124. The van der Waals surface area contributed by atoms with Crippen molar-refractivity contribution in [1.82, 2.24) is 4.90 Å². The Kier molecular flexibility index (Phi) is 6.76. The average molecular weight is 173 g/mol. The van der Waals surface area contributed by atoms with Gasteiger partial charge in [-0.1, -0.05) is 13.3 Å². The molecule has 3 heteroatoms. The molecule has 12 heavy (non-hydrogen) atoms. The number of rotatable bonds is 6. The molecule has 0 N–H and O–H groups in total. The van der Waals surface area contributed by atoms with E-state index in [9.17, 15) is 4.79 Å². The number of unbranched alkanes of at least 4 members (excludes halogenated alkanes) is 1. The second kappa shape index (κ2) is 7.10. The van der Waals surface area contributed by atoms with Crippen LogP contribution in [-0.4, -0.2) is 38.1 Å².